The number of rotatable bonds is 7. The lowest BCUT2D eigenvalue weighted by Crippen LogP contribution is -2.17. The van der Waals surface area contributed by atoms with E-state index in [2.05, 4.69) is 11.9 Å². The average molecular weight is 360 g/mol. The molecule has 1 heterocycles. The molecule has 1 aliphatic rings. The minimum atomic E-state index is -3.69. The van der Waals surface area contributed by atoms with Crippen LogP contribution in [0.3, 0.4) is 0 Å². The molecule has 0 N–H and O–H groups in total. The third-order valence-electron chi connectivity index (χ3n) is 3.14. The molecular weight excluding hydrogens is 338 g/mol. The van der Waals surface area contributed by atoms with Crippen LogP contribution in [-0.4, -0.2) is 36.9 Å². The van der Waals surface area contributed by atoms with Crippen LogP contribution in [0.25, 0.3) is 0 Å². The number of hydrogen-bond acceptors (Lipinski definition) is 6. The van der Waals surface area contributed by atoms with Gasteiger partial charge in [0, 0.05) is 5.75 Å². The molecule has 22 heavy (non-hydrogen) atoms. The van der Waals surface area contributed by atoms with Crippen LogP contribution in [0.5, 0.6) is 0 Å². The van der Waals surface area contributed by atoms with E-state index in [1.807, 2.05) is 6.92 Å². The topological polar surface area (TPSA) is 55.7 Å². The van der Waals surface area contributed by atoms with E-state index in [-0.39, 0.29) is 17.5 Å². The van der Waals surface area contributed by atoms with E-state index in [0.29, 0.717) is 0 Å². The summed E-state index contributed by atoms with van der Waals surface area (Å²) in [7, 11) is -3.69. The fourth-order valence-corrected chi connectivity index (χ4v) is 5.09. The van der Waals surface area contributed by atoms with Gasteiger partial charge in [0.1, 0.15) is 4.38 Å². The minimum Gasteiger partial charge on any atom is -0.265 e. The molecule has 0 fully saturated rings. The maximum Gasteiger partial charge on any atom is 0.297 e. The van der Waals surface area contributed by atoms with Gasteiger partial charge in [-0.05, 0) is 31.2 Å². The zero-order valence-electron chi connectivity index (χ0n) is 12.8. The molecule has 1 atom stereocenters. The molecule has 0 bridgehead atoms. The highest BCUT2D eigenvalue weighted by molar-refractivity contribution is 8.39. The van der Waals surface area contributed by atoms with Crippen LogP contribution < -0.4 is 0 Å². The molecule has 122 valence electrons. The van der Waals surface area contributed by atoms with Gasteiger partial charge in [-0.1, -0.05) is 54.6 Å². The minimum absolute atomic E-state index is 0.0747. The Morgan fingerprint density at radius 3 is 2.77 bits per heavy atom. The lowest BCUT2D eigenvalue weighted by atomic mass is 10.2. The highest BCUT2D eigenvalue weighted by Crippen LogP contribution is 2.27. The normalized spacial score (nSPS) is 18.5. The van der Waals surface area contributed by atoms with E-state index < -0.39 is 10.1 Å². The molecule has 1 aromatic carbocycles. The second-order valence-electron chi connectivity index (χ2n) is 5.11. The number of thioether (sulfide) groups is 2. The Bertz CT molecular complexity index is 611. The van der Waals surface area contributed by atoms with Crippen molar-refractivity contribution in [1.82, 2.24) is 0 Å². The first-order valence-electron chi connectivity index (χ1n) is 7.31. The van der Waals surface area contributed by atoms with Crippen molar-refractivity contribution in [3.05, 3.63) is 29.8 Å². The van der Waals surface area contributed by atoms with Crippen molar-refractivity contribution in [2.24, 2.45) is 4.99 Å². The first-order chi connectivity index (χ1) is 10.5. The van der Waals surface area contributed by atoms with Gasteiger partial charge >= 0.3 is 0 Å². The predicted molar refractivity (Wildman–Crippen MR) is 95.4 cm³/mol. The first-order valence-corrected chi connectivity index (χ1v) is 10.7. The zero-order valence-corrected chi connectivity index (χ0v) is 15.3. The third kappa shape index (κ3) is 5.30. The van der Waals surface area contributed by atoms with Gasteiger partial charge in [-0.15, -0.1) is 0 Å². The second-order valence-corrected chi connectivity index (χ2v) is 9.08. The second kappa shape index (κ2) is 8.38. The Morgan fingerprint density at radius 1 is 1.36 bits per heavy atom. The van der Waals surface area contributed by atoms with Crippen molar-refractivity contribution < 1.29 is 12.6 Å². The number of aliphatic imine (C=N–C) groups is 1. The lowest BCUT2D eigenvalue weighted by Gasteiger charge is -2.08. The highest BCUT2D eigenvalue weighted by Gasteiger charge is 2.22. The summed E-state index contributed by atoms with van der Waals surface area (Å²) in [6.07, 6.45) is 2.35. The molecule has 0 unspecified atom stereocenters. The van der Waals surface area contributed by atoms with Crippen LogP contribution in [0.15, 0.2) is 34.2 Å². The van der Waals surface area contributed by atoms with E-state index in [1.54, 1.807) is 47.8 Å². The van der Waals surface area contributed by atoms with Crippen LogP contribution >= 0.6 is 23.5 Å². The summed E-state index contributed by atoms with van der Waals surface area (Å²) in [6, 6.07) is 6.60. The quantitative estimate of drug-likeness (QED) is 0.549. The van der Waals surface area contributed by atoms with Crippen LogP contribution in [0.1, 0.15) is 25.3 Å². The van der Waals surface area contributed by atoms with Gasteiger partial charge in [0.15, 0.2) is 0 Å². The van der Waals surface area contributed by atoms with E-state index >= 15 is 0 Å². The van der Waals surface area contributed by atoms with E-state index in [0.717, 1.165) is 21.4 Å². The predicted octanol–water partition coefficient (Wildman–Crippen LogP) is 3.71. The summed E-state index contributed by atoms with van der Waals surface area (Å²) >= 11 is 3.44. The van der Waals surface area contributed by atoms with Gasteiger partial charge in [0.25, 0.3) is 10.1 Å². The molecular formula is C15H21NO3S3. The summed E-state index contributed by atoms with van der Waals surface area (Å²) in [5, 5.41) is 0. The molecule has 1 aliphatic heterocycles. The number of nitrogens with zero attached hydrogens (tertiary/aromatic N) is 1. The van der Waals surface area contributed by atoms with Crippen LogP contribution in [0.2, 0.25) is 0 Å². The van der Waals surface area contributed by atoms with Crippen molar-refractivity contribution >= 4 is 38.0 Å². The molecule has 0 saturated heterocycles. The van der Waals surface area contributed by atoms with Gasteiger partial charge in [-0.2, -0.15) is 8.42 Å². The number of aryl methyl sites for hydroxylation is 1. The number of hydrogen-bond donors (Lipinski definition) is 0. The molecule has 1 aromatic rings. The Balaban J connectivity index is 1.86. The number of unbranched alkanes of at least 4 members (excludes halogenated alkanes) is 1. The van der Waals surface area contributed by atoms with Gasteiger partial charge < -0.3 is 0 Å². The summed E-state index contributed by atoms with van der Waals surface area (Å²) in [5.41, 5.74) is 1.02. The monoisotopic (exact) mass is 359 g/mol. The fourth-order valence-electron chi connectivity index (χ4n) is 1.80. The van der Waals surface area contributed by atoms with Crippen LogP contribution in [0, 0.1) is 6.92 Å². The molecule has 0 saturated carbocycles. The van der Waals surface area contributed by atoms with Gasteiger partial charge in [-0.25, -0.2) is 0 Å². The smallest absolute Gasteiger partial charge is 0.265 e. The molecule has 0 aromatic heterocycles. The maximum absolute atomic E-state index is 12.1. The molecule has 2 rings (SSSR count). The summed E-state index contributed by atoms with van der Waals surface area (Å²) in [6.45, 7) is 4.19. The first kappa shape index (κ1) is 17.8. The summed E-state index contributed by atoms with van der Waals surface area (Å²) in [4.78, 5) is 4.72. The molecule has 0 radical (unpaired) electrons. The van der Waals surface area contributed by atoms with E-state index in [1.165, 1.54) is 12.8 Å². The Kier molecular flexibility index (Phi) is 6.80. The van der Waals surface area contributed by atoms with Crippen molar-refractivity contribution in [3.63, 3.8) is 0 Å². The largest absolute Gasteiger partial charge is 0.297 e. The molecule has 0 aliphatic carbocycles. The highest BCUT2D eigenvalue weighted by atomic mass is 32.2. The van der Waals surface area contributed by atoms with Crippen LogP contribution in [-0.2, 0) is 14.3 Å². The van der Waals surface area contributed by atoms with Crippen molar-refractivity contribution in [2.75, 3.05) is 18.1 Å². The summed E-state index contributed by atoms with van der Waals surface area (Å²) in [5.74, 6) is 1.86. The third-order valence-corrected chi connectivity index (χ3v) is 6.89. The Morgan fingerprint density at radius 2 is 2.09 bits per heavy atom. The molecule has 4 nitrogen and oxygen atoms in total. The van der Waals surface area contributed by atoms with Gasteiger partial charge in [0.2, 0.25) is 0 Å². The Labute approximate surface area is 141 Å². The van der Waals surface area contributed by atoms with E-state index in [4.69, 9.17) is 4.18 Å². The maximum atomic E-state index is 12.1. The van der Waals surface area contributed by atoms with Gasteiger partial charge in [-0.3, -0.25) is 9.18 Å². The van der Waals surface area contributed by atoms with E-state index in [9.17, 15) is 8.42 Å². The summed E-state index contributed by atoms with van der Waals surface area (Å²) < 4.78 is 30.4. The molecule has 0 amide bonds. The van der Waals surface area contributed by atoms with Crippen molar-refractivity contribution in [2.45, 2.75) is 37.6 Å². The fraction of sp³-hybridized carbons (Fsp3) is 0.533. The number of benzene rings is 1. The molecule has 0 spiro atoms. The zero-order chi connectivity index (χ0) is 16.0. The SMILES string of the molecule is CCCCSC1=N[C@H](COS(=O)(=O)c2ccc(C)cc2)CS1. The van der Waals surface area contributed by atoms with Crippen molar-refractivity contribution in [3.8, 4) is 0 Å². The van der Waals surface area contributed by atoms with Crippen molar-refractivity contribution in [1.29, 1.82) is 0 Å². The van der Waals surface area contributed by atoms with Crippen LogP contribution in [0.4, 0.5) is 0 Å². The lowest BCUT2D eigenvalue weighted by molar-refractivity contribution is 0.302. The Hall–Kier alpha value is -0.500. The van der Waals surface area contributed by atoms with Gasteiger partial charge in [0.05, 0.1) is 17.5 Å². The molecule has 7 heteroatoms. The standard InChI is InChI=1S/C15H21NO3S3/c1-3-4-9-20-15-16-13(11-21-15)10-19-22(17,18)14-7-5-12(2)6-8-14/h5-8,13H,3-4,9-11H2,1-2H3/t13-/m1/s1. The average Bonchev–Trinajstić information content (AvgIpc) is 2.94.